The van der Waals surface area contributed by atoms with Crippen LogP contribution in [0.3, 0.4) is 0 Å². The van der Waals surface area contributed by atoms with Crippen LogP contribution in [-0.4, -0.2) is 35.8 Å². The molecule has 0 radical (unpaired) electrons. The monoisotopic (exact) mass is 478 g/mol. The fourth-order valence-electron chi connectivity index (χ4n) is 5.06. The Morgan fingerprint density at radius 2 is 2.00 bits per heavy atom. The van der Waals surface area contributed by atoms with Crippen molar-refractivity contribution < 1.29 is 19.4 Å². The van der Waals surface area contributed by atoms with Gasteiger partial charge in [0.1, 0.15) is 12.4 Å². The van der Waals surface area contributed by atoms with Crippen LogP contribution in [0.4, 0.5) is 0 Å². The Kier molecular flexibility index (Phi) is 5.04. The molecule has 0 saturated heterocycles. The number of cyclic esters (lactones) is 1. The highest BCUT2D eigenvalue weighted by molar-refractivity contribution is 6.77. The molecule has 0 bridgehead atoms. The van der Waals surface area contributed by atoms with Gasteiger partial charge >= 0.3 is 5.97 Å². The average Bonchev–Trinajstić information content (AvgIpc) is 3.16. The zero-order valence-corrected chi connectivity index (χ0v) is 21.5. The minimum atomic E-state index is -1.83. The van der Waals surface area contributed by atoms with E-state index in [4.69, 9.17) is 14.5 Å². The van der Waals surface area contributed by atoms with Gasteiger partial charge in [0.15, 0.2) is 5.60 Å². The highest BCUT2D eigenvalue weighted by atomic mass is 28.3. The molecule has 2 aliphatic rings. The Morgan fingerprint density at radius 3 is 2.65 bits per heavy atom. The third-order valence-corrected chi connectivity index (χ3v) is 10.6. The lowest BCUT2D eigenvalue weighted by Gasteiger charge is -2.31. The van der Waals surface area contributed by atoms with E-state index in [1.54, 1.807) is 24.7 Å². The highest BCUT2D eigenvalue weighted by Crippen LogP contribution is 2.41. The van der Waals surface area contributed by atoms with E-state index < -0.39 is 19.6 Å². The van der Waals surface area contributed by atoms with Crippen LogP contribution in [0.5, 0.6) is 5.75 Å². The van der Waals surface area contributed by atoms with Crippen molar-refractivity contribution in [3.8, 4) is 17.1 Å². The van der Waals surface area contributed by atoms with Gasteiger partial charge in [0.2, 0.25) is 0 Å². The smallest absolute Gasteiger partial charge is 0.343 e. The van der Waals surface area contributed by atoms with E-state index in [2.05, 4.69) is 38.7 Å². The van der Waals surface area contributed by atoms with E-state index in [0.29, 0.717) is 34.6 Å². The van der Waals surface area contributed by atoms with Gasteiger partial charge in [-0.1, -0.05) is 39.6 Å². The number of rotatable bonds is 4. The number of benzene rings is 1. The van der Waals surface area contributed by atoms with E-state index in [9.17, 15) is 14.7 Å². The predicted octanol–water partition coefficient (Wildman–Crippen LogP) is 4.07. The van der Waals surface area contributed by atoms with Gasteiger partial charge in [-0.25, -0.2) is 9.78 Å². The highest BCUT2D eigenvalue weighted by Gasteiger charge is 2.45. The van der Waals surface area contributed by atoms with Crippen LogP contribution in [0.1, 0.15) is 48.1 Å². The maximum atomic E-state index is 13.4. The summed E-state index contributed by atoms with van der Waals surface area (Å²) in [6.07, 6.45) is 0.120. The second-order valence-electron chi connectivity index (χ2n) is 10.4. The molecule has 2 aliphatic heterocycles. The molecule has 8 heteroatoms. The normalized spacial score (nSPS) is 19.9. The zero-order valence-electron chi connectivity index (χ0n) is 20.5. The molecule has 4 heterocycles. The van der Waals surface area contributed by atoms with Crippen LogP contribution in [0.25, 0.3) is 22.3 Å². The molecule has 0 amide bonds. The predicted molar refractivity (Wildman–Crippen MR) is 133 cm³/mol. The van der Waals surface area contributed by atoms with Gasteiger partial charge in [-0.05, 0) is 35.7 Å². The van der Waals surface area contributed by atoms with Crippen LogP contribution in [0, 0.1) is 0 Å². The fourth-order valence-corrected chi connectivity index (χ4v) is 6.22. The van der Waals surface area contributed by atoms with Gasteiger partial charge in [-0.15, -0.1) is 0 Å². The molecule has 0 saturated carbocycles. The summed E-state index contributed by atoms with van der Waals surface area (Å²) in [5.74, 6) is 0.0336. The second-order valence-corrected chi connectivity index (χ2v) is 16.0. The standard InChI is InChI=1S/C26H30N2O5Si/c1-7-26(31)19-11-20-22-15(12-28(20)24(29)18(19)13-33-25(26)30)10-17-21(32-3)9-8-16(23(17)27-22)14(2)34(4,5)6/h8-11,14,31H,7,12-13H2,1-6H3/t14?,26-/m0/s1. The second kappa shape index (κ2) is 7.51. The summed E-state index contributed by atoms with van der Waals surface area (Å²) in [6.45, 7) is 11.2. The maximum absolute atomic E-state index is 13.4. The average molecular weight is 479 g/mol. The van der Waals surface area contributed by atoms with Crippen molar-refractivity contribution in [2.75, 3.05) is 7.11 Å². The van der Waals surface area contributed by atoms with Crippen molar-refractivity contribution in [3.05, 3.63) is 56.9 Å². The van der Waals surface area contributed by atoms with Gasteiger partial charge in [-0.2, -0.15) is 0 Å². The lowest BCUT2D eigenvalue weighted by Crippen LogP contribution is -2.44. The van der Waals surface area contributed by atoms with Crippen molar-refractivity contribution in [1.29, 1.82) is 0 Å². The number of pyridine rings is 2. The van der Waals surface area contributed by atoms with Gasteiger partial charge in [0, 0.05) is 16.5 Å². The first-order chi connectivity index (χ1) is 16.0. The minimum Gasteiger partial charge on any atom is -0.496 e. The third kappa shape index (κ3) is 3.08. The first kappa shape index (κ1) is 22.8. The molecule has 1 aromatic carbocycles. The number of carbonyl (C=O) groups excluding carboxylic acids is 1. The summed E-state index contributed by atoms with van der Waals surface area (Å²) in [7, 11) is 0.128. The molecule has 1 unspecified atom stereocenters. The number of fused-ring (bicyclic) bond motifs is 5. The summed E-state index contributed by atoms with van der Waals surface area (Å²) >= 11 is 0. The molecule has 5 rings (SSSR count). The van der Waals surface area contributed by atoms with Crippen molar-refractivity contribution in [3.63, 3.8) is 0 Å². The molecule has 3 aromatic rings. The Morgan fingerprint density at radius 1 is 1.26 bits per heavy atom. The lowest BCUT2D eigenvalue weighted by atomic mass is 9.86. The van der Waals surface area contributed by atoms with Gasteiger partial charge in [0.05, 0.1) is 44.2 Å². The SMILES string of the molecule is CC[C@@]1(O)C(=O)OCc2c1cc1n(c2=O)Cc2cc3c(OC)ccc(C(C)[Si](C)(C)C)c3nc2-1. The molecule has 2 aromatic heterocycles. The molecule has 2 atom stereocenters. The number of ether oxygens (including phenoxy) is 2. The third-order valence-electron chi connectivity index (χ3n) is 7.65. The molecule has 0 spiro atoms. The van der Waals surface area contributed by atoms with Crippen LogP contribution < -0.4 is 10.3 Å². The number of aromatic nitrogens is 2. The first-order valence-corrected chi connectivity index (χ1v) is 15.3. The number of hydrogen-bond donors (Lipinski definition) is 1. The molecule has 7 nitrogen and oxygen atoms in total. The minimum absolute atomic E-state index is 0.120. The Bertz CT molecular complexity index is 1420. The van der Waals surface area contributed by atoms with Crippen molar-refractivity contribution in [2.24, 2.45) is 0 Å². The number of carbonyl (C=O) groups is 1. The van der Waals surface area contributed by atoms with Crippen molar-refractivity contribution >= 4 is 24.9 Å². The van der Waals surface area contributed by atoms with Crippen molar-refractivity contribution in [2.45, 2.75) is 64.2 Å². The van der Waals surface area contributed by atoms with E-state index in [0.717, 1.165) is 22.2 Å². The molecule has 0 aliphatic carbocycles. The van der Waals surface area contributed by atoms with Gasteiger partial charge < -0.3 is 19.1 Å². The van der Waals surface area contributed by atoms with Crippen LogP contribution in [0.2, 0.25) is 19.6 Å². The van der Waals surface area contributed by atoms with Crippen LogP contribution in [-0.2, 0) is 28.3 Å². The first-order valence-electron chi connectivity index (χ1n) is 11.7. The molecule has 1 N–H and O–H groups in total. The van der Waals surface area contributed by atoms with E-state index in [1.165, 1.54) is 5.56 Å². The summed E-state index contributed by atoms with van der Waals surface area (Å²) < 4.78 is 12.5. The number of methoxy groups -OCH3 is 1. The number of nitrogens with zero attached hydrogens (tertiary/aromatic N) is 2. The molecule has 0 fully saturated rings. The Labute approximate surface area is 199 Å². The molecule has 178 valence electrons. The van der Waals surface area contributed by atoms with Gasteiger partial charge in [0.25, 0.3) is 5.56 Å². The maximum Gasteiger partial charge on any atom is 0.343 e. The van der Waals surface area contributed by atoms with Gasteiger partial charge in [-0.3, -0.25) is 4.79 Å². The van der Waals surface area contributed by atoms with E-state index in [-0.39, 0.29) is 18.6 Å². The topological polar surface area (TPSA) is 90.7 Å². The van der Waals surface area contributed by atoms with Crippen LogP contribution in [0.15, 0.2) is 29.1 Å². The summed E-state index contributed by atoms with van der Waals surface area (Å²) in [6, 6.07) is 7.92. The fraction of sp³-hybridized carbons (Fsp3) is 0.423. The van der Waals surface area contributed by atoms with Crippen LogP contribution >= 0.6 is 0 Å². The number of aliphatic hydroxyl groups is 1. The Hall–Kier alpha value is -2.97. The summed E-state index contributed by atoms with van der Waals surface area (Å²) in [5, 5.41) is 12.0. The molecular weight excluding hydrogens is 448 g/mol. The zero-order chi connectivity index (χ0) is 24.6. The summed E-state index contributed by atoms with van der Waals surface area (Å²) in [4.78, 5) is 30.9. The lowest BCUT2D eigenvalue weighted by molar-refractivity contribution is -0.172. The van der Waals surface area contributed by atoms with E-state index >= 15 is 0 Å². The number of esters is 1. The largest absolute Gasteiger partial charge is 0.496 e. The molecular formula is C26H30N2O5Si. The quantitative estimate of drug-likeness (QED) is 0.351. The van der Waals surface area contributed by atoms with E-state index in [1.807, 2.05) is 6.07 Å². The molecule has 34 heavy (non-hydrogen) atoms. The van der Waals surface area contributed by atoms with Crippen molar-refractivity contribution in [1.82, 2.24) is 9.55 Å². The Balaban J connectivity index is 1.80. The number of hydrogen-bond acceptors (Lipinski definition) is 6. The summed E-state index contributed by atoms with van der Waals surface area (Å²) in [5.41, 5.74) is 3.23.